The average molecular weight is 334 g/mol. The highest BCUT2D eigenvalue weighted by Crippen LogP contribution is 2.13. The van der Waals surface area contributed by atoms with Gasteiger partial charge < -0.3 is 0 Å². The van der Waals surface area contributed by atoms with Crippen LogP contribution in [0.15, 0.2) is 0 Å². The molecule has 1 unspecified atom stereocenters. The van der Waals surface area contributed by atoms with E-state index in [2.05, 4.69) is 11.6 Å². The molecule has 1 atom stereocenters. The number of hydrogen-bond acceptors (Lipinski definition) is 1. The summed E-state index contributed by atoms with van der Waals surface area (Å²) in [5.41, 5.74) is 0. The van der Waals surface area contributed by atoms with Gasteiger partial charge in [-0.05, 0) is 6.42 Å². The second-order valence-corrected chi connectivity index (χ2v) is 7.23. The van der Waals surface area contributed by atoms with Gasteiger partial charge in [-0.15, -0.1) is 0 Å². The van der Waals surface area contributed by atoms with Gasteiger partial charge in [-0.2, -0.15) is 0 Å². The second kappa shape index (κ2) is 19.1. The third-order valence-electron chi connectivity index (χ3n) is 4.26. The molecule has 0 amide bonds. The number of hydrogen-bond donors (Lipinski definition) is 2. The maximum absolute atomic E-state index is 10.4. The van der Waals surface area contributed by atoms with Gasteiger partial charge in [0.05, 0.1) is 0 Å². The van der Waals surface area contributed by atoms with Crippen molar-refractivity contribution in [2.75, 3.05) is 6.54 Å². The Labute approximate surface area is 141 Å². The van der Waals surface area contributed by atoms with Crippen molar-refractivity contribution in [3.05, 3.63) is 0 Å². The Balaban J connectivity index is 2.95. The molecule has 22 heavy (non-hydrogen) atoms. The molecule has 2 N–H and O–H groups in total. The SMILES string of the molecule is CCCCCCCCCCCCCCCCCCNS(=O)O. The Morgan fingerprint density at radius 1 is 0.636 bits per heavy atom. The normalized spacial score (nSPS) is 12.6. The smallest absolute Gasteiger partial charge is 0.231 e. The van der Waals surface area contributed by atoms with E-state index >= 15 is 0 Å². The van der Waals surface area contributed by atoms with Crippen LogP contribution in [0.3, 0.4) is 0 Å². The molecular formula is C18H39NO2S. The van der Waals surface area contributed by atoms with Gasteiger partial charge in [0, 0.05) is 6.54 Å². The Kier molecular flexibility index (Phi) is 19.2. The van der Waals surface area contributed by atoms with E-state index in [-0.39, 0.29) is 0 Å². The summed E-state index contributed by atoms with van der Waals surface area (Å²) in [6, 6.07) is 0. The quantitative estimate of drug-likeness (QED) is 0.240. The molecule has 4 heteroatoms. The predicted octanol–water partition coefficient (Wildman–Crippen LogP) is 5.97. The molecule has 0 heterocycles. The van der Waals surface area contributed by atoms with Crippen LogP contribution in [0, 0.1) is 0 Å². The lowest BCUT2D eigenvalue weighted by Gasteiger charge is -2.03. The molecule has 0 fully saturated rings. The number of rotatable bonds is 18. The van der Waals surface area contributed by atoms with Crippen molar-refractivity contribution < 1.29 is 8.76 Å². The molecule has 0 aliphatic rings. The lowest BCUT2D eigenvalue weighted by atomic mass is 10.0. The molecule has 134 valence electrons. The van der Waals surface area contributed by atoms with Crippen LogP contribution in [0.4, 0.5) is 0 Å². The molecule has 0 aromatic rings. The topological polar surface area (TPSA) is 49.3 Å². The molecule has 0 aromatic carbocycles. The highest BCUT2D eigenvalue weighted by molar-refractivity contribution is 7.77. The van der Waals surface area contributed by atoms with Crippen molar-refractivity contribution in [3.63, 3.8) is 0 Å². The van der Waals surface area contributed by atoms with Gasteiger partial charge in [-0.3, -0.25) is 4.55 Å². The number of unbranched alkanes of at least 4 members (excludes halogenated alkanes) is 15. The van der Waals surface area contributed by atoms with Gasteiger partial charge in [0.15, 0.2) is 0 Å². The fourth-order valence-electron chi connectivity index (χ4n) is 2.83. The molecule has 0 bridgehead atoms. The summed E-state index contributed by atoms with van der Waals surface area (Å²) in [7, 11) is 0. The molecule has 0 rings (SSSR count). The van der Waals surface area contributed by atoms with E-state index in [1.165, 1.54) is 96.3 Å². The summed E-state index contributed by atoms with van der Waals surface area (Å²) in [6.07, 6.45) is 21.7. The van der Waals surface area contributed by atoms with Crippen LogP contribution < -0.4 is 4.72 Å². The van der Waals surface area contributed by atoms with E-state index in [1.807, 2.05) is 0 Å². The van der Waals surface area contributed by atoms with Crippen LogP contribution in [0.1, 0.15) is 110 Å². The summed E-state index contributed by atoms with van der Waals surface area (Å²) < 4.78 is 21.4. The minimum Gasteiger partial charge on any atom is -0.294 e. The zero-order valence-electron chi connectivity index (χ0n) is 14.8. The Hall–Kier alpha value is 0.0700. The van der Waals surface area contributed by atoms with Crippen molar-refractivity contribution in [1.29, 1.82) is 0 Å². The van der Waals surface area contributed by atoms with Crippen LogP contribution >= 0.6 is 0 Å². The largest absolute Gasteiger partial charge is 0.294 e. The molecule has 0 aromatic heterocycles. The van der Waals surface area contributed by atoms with Crippen molar-refractivity contribution in [2.24, 2.45) is 0 Å². The van der Waals surface area contributed by atoms with E-state index in [9.17, 15) is 4.21 Å². The minimum absolute atomic E-state index is 0.654. The van der Waals surface area contributed by atoms with Crippen LogP contribution in [-0.2, 0) is 11.3 Å². The first-order valence-corrected chi connectivity index (χ1v) is 10.7. The first-order valence-electron chi connectivity index (χ1n) is 9.61. The van der Waals surface area contributed by atoms with E-state index < -0.39 is 11.3 Å². The highest BCUT2D eigenvalue weighted by Gasteiger charge is 1.95. The van der Waals surface area contributed by atoms with Crippen LogP contribution in [0.5, 0.6) is 0 Å². The Morgan fingerprint density at radius 2 is 0.955 bits per heavy atom. The predicted molar refractivity (Wildman–Crippen MR) is 98.3 cm³/mol. The zero-order valence-corrected chi connectivity index (χ0v) is 15.6. The zero-order chi connectivity index (χ0) is 16.3. The van der Waals surface area contributed by atoms with Gasteiger partial charge in [-0.1, -0.05) is 103 Å². The van der Waals surface area contributed by atoms with Gasteiger partial charge in [0.1, 0.15) is 0 Å². The Bertz CT molecular complexity index is 237. The average Bonchev–Trinajstić information content (AvgIpc) is 2.50. The molecule has 0 saturated carbocycles. The molecule has 0 spiro atoms. The monoisotopic (exact) mass is 333 g/mol. The van der Waals surface area contributed by atoms with Crippen LogP contribution in [0.25, 0.3) is 0 Å². The highest BCUT2D eigenvalue weighted by atomic mass is 32.2. The first-order chi connectivity index (χ1) is 10.8. The van der Waals surface area contributed by atoms with Gasteiger partial charge in [0.2, 0.25) is 11.3 Å². The maximum Gasteiger partial charge on any atom is 0.231 e. The van der Waals surface area contributed by atoms with Crippen molar-refractivity contribution >= 4 is 11.3 Å². The second-order valence-electron chi connectivity index (χ2n) is 6.45. The fraction of sp³-hybridized carbons (Fsp3) is 1.00. The van der Waals surface area contributed by atoms with E-state index in [1.54, 1.807) is 0 Å². The molecule has 3 nitrogen and oxygen atoms in total. The van der Waals surface area contributed by atoms with Gasteiger partial charge in [-0.25, -0.2) is 8.93 Å². The minimum atomic E-state index is -1.83. The van der Waals surface area contributed by atoms with E-state index in [0.29, 0.717) is 6.54 Å². The summed E-state index contributed by atoms with van der Waals surface area (Å²) in [5.74, 6) is 0. The third kappa shape index (κ3) is 20.1. The Morgan fingerprint density at radius 3 is 1.27 bits per heavy atom. The van der Waals surface area contributed by atoms with Crippen LogP contribution in [-0.4, -0.2) is 15.3 Å². The molecule has 0 aliphatic heterocycles. The van der Waals surface area contributed by atoms with Crippen molar-refractivity contribution in [1.82, 2.24) is 4.72 Å². The molecule has 0 aliphatic carbocycles. The van der Waals surface area contributed by atoms with E-state index in [4.69, 9.17) is 4.55 Å². The molecule has 0 saturated heterocycles. The van der Waals surface area contributed by atoms with Gasteiger partial charge in [0.25, 0.3) is 0 Å². The van der Waals surface area contributed by atoms with Crippen molar-refractivity contribution in [3.8, 4) is 0 Å². The maximum atomic E-state index is 10.4. The number of nitrogens with one attached hydrogen (secondary N) is 1. The summed E-state index contributed by atoms with van der Waals surface area (Å²) >= 11 is -1.83. The molecular weight excluding hydrogens is 294 g/mol. The van der Waals surface area contributed by atoms with E-state index in [0.717, 1.165) is 6.42 Å². The summed E-state index contributed by atoms with van der Waals surface area (Å²) in [4.78, 5) is 0. The fourth-order valence-corrected chi connectivity index (χ4v) is 3.15. The van der Waals surface area contributed by atoms with Gasteiger partial charge >= 0.3 is 0 Å². The lowest BCUT2D eigenvalue weighted by molar-refractivity contribution is 0.525. The molecule has 0 radical (unpaired) electrons. The summed E-state index contributed by atoms with van der Waals surface area (Å²) in [6.45, 7) is 2.93. The summed E-state index contributed by atoms with van der Waals surface area (Å²) in [5, 5.41) is 0. The third-order valence-corrected chi connectivity index (χ3v) is 4.71. The standard InChI is InChI=1S/C18H39NO2S/c1-2-3-4-5-6-7-8-9-10-11-12-13-14-15-16-17-18-19-22(20)21/h19H,2-18H2,1H3,(H,20,21). The lowest BCUT2D eigenvalue weighted by Crippen LogP contribution is -2.17. The first kappa shape index (κ1) is 22.1. The van der Waals surface area contributed by atoms with Crippen molar-refractivity contribution in [2.45, 2.75) is 110 Å². The van der Waals surface area contributed by atoms with Crippen LogP contribution in [0.2, 0.25) is 0 Å².